The fourth-order valence-electron chi connectivity index (χ4n) is 1.87. The van der Waals surface area contributed by atoms with Gasteiger partial charge < -0.3 is 4.90 Å². The summed E-state index contributed by atoms with van der Waals surface area (Å²) in [4.78, 5) is 13.2. The topological polar surface area (TPSA) is 20.3 Å². The van der Waals surface area contributed by atoms with Gasteiger partial charge >= 0.3 is 0 Å². The molecule has 0 aromatic heterocycles. The fourth-order valence-corrected chi connectivity index (χ4v) is 1.87. The average molecular weight is 155 g/mol. The summed E-state index contributed by atoms with van der Waals surface area (Å²) in [5.41, 5.74) is 0. The van der Waals surface area contributed by atoms with Gasteiger partial charge in [-0.25, -0.2) is 0 Å². The highest BCUT2D eigenvalue weighted by Crippen LogP contribution is 2.19. The number of Topliss-reactive ketones (excluding diaryl/α,β-unsaturated/α-hetero) is 1. The Morgan fingerprint density at radius 2 is 2.36 bits per heavy atom. The van der Waals surface area contributed by atoms with Gasteiger partial charge in [-0.15, -0.1) is 0 Å². The summed E-state index contributed by atoms with van der Waals surface area (Å²) in [5, 5.41) is 0. The monoisotopic (exact) mass is 155 g/mol. The largest absolute Gasteiger partial charge is 0.300 e. The molecule has 11 heavy (non-hydrogen) atoms. The summed E-state index contributed by atoms with van der Waals surface area (Å²) in [6.07, 6.45) is 3.24. The molecule has 1 atom stereocenters. The van der Waals surface area contributed by atoms with Crippen molar-refractivity contribution in [2.45, 2.75) is 39.2 Å². The second-order valence-corrected chi connectivity index (χ2v) is 3.33. The van der Waals surface area contributed by atoms with Crippen LogP contribution in [0.25, 0.3) is 0 Å². The lowest BCUT2D eigenvalue weighted by Crippen LogP contribution is -2.30. The van der Waals surface area contributed by atoms with Crippen LogP contribution in [-0.4, -0.2) is 29.8 Å². The standard InChI is InChI=1S/C9H17NO/c1-3-10-6-4-5-9(10)7-8(2)11/h9H,3-7H2,1-2H3. The zero-order chi connectivity index (χ0) is 8.27. The summed E-state index contributed by atoms with van der Waals surface area (Å²) in [7, 11) is 0. The van der Waals surface area contributed by atoms with Gasteiger partial charge in [0, 0.05) is 12.5 Å². The smallest absolute Gasteiger partial charge is 0.131 e. The van der Waals surface area contributed by atoms with Crippen molar-refractivity contribution >= 4 is 5.78 Å². The number of likely N-dealkylation sites (tertiary alicyclic amines) is 1. The maximum atomic E-state index is 10.8. The zero-order valence-electron chi connectivity index (χ0n) is 7.47. The van der Waals surface area contributed by atoms with Crippen LogP contribution in [0.1, 0.15) is 33.1 Å². The molecular weight excluding hydrogens is 138 g/mol. The van der Waals surface area contributed by atoms with Gasteiger partial charge in [-0.05, 0) is 32.9 Å². The van der Waals surface area contributed by atoms with Gasteiger partial charge in [0.25, 0.3) is 0 Å². The van der Waals surface area contributed by atoms with Crippen molar-refractivity contribution in [2.24, 2.45) is 0 Å². The Labute approximate surface area is 68.6 Å². The van der Waals surface area contributed by atoms with Gasteiger partial charge in [-0.3, -0.25) is 4.79 Å². The number of carbonyl (C=O) groups is 1. The Morgan fingerprint density at radius 1 is 1.64 bits per heavy atom. The molecule has 1 rings (SSSR count). The molecule has 1 saturated heterocycles. The van der Waals surface area contributed by atoms with E-state index in [1.54, 1.807) is 6.92 Å². The Hall–Kier alpha value is -0.370. The van der Waals surface area contributed by atoms with Crippen LogP contribution < -0.4 is 0 Å². The van der Waals surface area contributed by atoms with Crippen molar-refractivity contribution in [3.05, 3.63) is 0 Å². The van der Waals surface area contributed by atoms with Crippen LogP contribution in [0.15, 0.2) is 0 Å². The molecule has 0 aromatic rings. The number of hydrogen-bond acceptors (Lipinski definition) is 2. The van der Waals surface area contributed by atoms with Gasteiger partial charge in [0.15, 0.2) is 0 Å². The van der Waals surface area contributed by atoms with Crippen LogP contribution in [0.3, 0.4) is 0 Å². The molecule has 1 aliphatic rings. The molecule has 1 aliphatic heterocycles. The lowest BCUT2D eigenvalue weighted by Gasteiger charge is -2.21. The summed E-state index contributed by atoms with van der Waals surface area (Å²) in [5.74, 6) is 0.329. The molecule has 1 fully saturated rings. The van der Waals surface area contributed by atoms with Crippen molar-refractivity contribution in [3.63, 3.8) is 0 Å². The highest BCUT2D eigenvalue weighted by Gasteiger charge is 2.23. The molecule has 1 heterocycles. The second-order valence-electron chi connectivity index (χ2n) is 3.33. The van der Waals surface area contributed by atoms with Gasteiger partial charge in [0.05, 0.1) is 0 Å². The van der Waals surface area contributed by atoms with Crippen molar-refractivity contribution in [3.8, 4) is 0 Å². The van der Waals surface area contributed by atoms with Crippen molar-refractivity contribution in [1.29, 1.82) is 0 Å². The van der Waals surface area contributed by atoms with Gasteiger partial charge in [-0.2, -0.15) is 0 Å². The predicted octanol–water partition coefficient (Wildman–Crippen LogP) is 1.45. The molecule has 2 nitrogen and oxygen atoms in total. The first-order valence-electron chi connectivity index (χ1n) is 4.47. The first kappa shape index (κ1) is 8.72. The SMILES string of the molecule is CCN1CCCC1CC(C)=O. The molecule has 0 saturated carbocycles. The van der Waals surface area contributed by atoms with E-state index < -0.39 is 0 Å². The van der Waals surface area contributed by atoms with Crippen LogP contribution in [0.5, 0.6) is 0 Å². The Kier molecular flexibility index (Phi) is 3.06. The van der Waals surface area contributed by atoms with E-state index in [0.29, 0.717) is 11.8 Å². The highest BCUT2D eigenvalue weighted by molar-refractivity contribution is 5.76. The summed E-state index contributed by atoms with van der Waals surface area (Å²) in [6, 6.07) is 0.553. The van der Waals surface area contributed by atoms with Gasteiger partial charge in [-0.1, -0.05) is 6.92 Å². The molecule has 0 amide bonds. The van der Waals surface area contributed by atoms with Crippen LogP contribution in [0.4, 0.5) is 0 Å². The quantitative estimate of drug-likeness (QED) is 0.615. The van der Waals surface area contributed by atoms with Crippen LogP contribution in [0, 0.1) is 0 Å². The van der Waals surface area contributed by atoms with Crippen molar-refractivity contribution in [2.75, 3.05) is 13.1 Å². The Bertz CT molecular complexity index is 144. The summed E-state index contributed by atoms with van der Waals surface area (Å²) >= 11 is 0. The number of carbonyl (C=O) groups excluding carboxylic acids is 1. The predicted molar refractivity (Wildman–Crippen MR) is 45.6 cm³/mol. The third-order valence-electron chi connectivity index (χ3n) is 2.43. The molecule has 0 bridgehead atoms. The van der Waals surface area contributed by atoms with Crippen LogP contribution >= 0.6 is 0 Å². The van der Waals surface area contributed by atoms with Crippen LogP contribution in [-0.2, 0) is 4.79 Å². The van der Waals surface area contributed by atoms with E-state index in [9.17, 15) is 4.79 Å². The second kappa shape index (κ2) is 3.86. The molecule has 0 N–H and O–H groups in total. The summed E-state index contributed by atoms with van der Waals surface area (Å²) < 4.78 is 0. The first-order chi connectivity index (χ1) is 5.24. The average Bonchev–Trinajstić information content (AvgIpc) is 2.34. The molecule has 0 radical (unpaired) electrons. The molecular formula is C9H17NO. The number of nitrogens with zero attached hydrogens (tertiary/aromatic N) is 1. The lowest BCUT2D eigenvalue weighted by atomic mass is 10.1. The van der Waals surface area contributed by atoms with E-state index in [4.69, 9.17) is 0 Å². The molecule has 2 heteroatoms. The minimum Gasteiger partial charge on any atom is -0.300 e. The van der Waals surface area contributed by atoms with Gasteiger partial charge in [0.1, 0.15) is 5.78 Å². The van der Waals surface area contributed by atoms with E-state index in [1.165, 1.54) is 19.4 Å². The maximum absolute atomic E-state index is 10.8. The molecule has 64 valence electrons. The third kappa shape index (κ3) is 2.29. The van der Waals surface area contributed by atoms with Crippen LogP contribution in [0.2, 0.25) is 0 Å². The minimum absolute atomic E-state index is 0.329. The molecule has 0 aromatic carbocycles. The Balaban J connectivity index is 2.37. The van der Waals surface area contributed by atoms with E-state index >= 15 is 0 Å². The lowest BCUT2D eigenvalue weighted by molar-refractivity contribution is -0.118. The van der Waals surface area contributed by atoms with Gasteiger partial charge in [0.2, 0.25) is 0 Å². The normalized spacial score (nSPS) is 25.8. The molecule has 0 aliphatic carbocycles. The Morgan fingerprint density at radius 3 is 2.91 bits per heavy atom. The maximum Gasteiger partial charge on any atom is 0.131 e. The van der Waals surface area contributed by atoms with Crippen molar-refractivity contribution in [1.82, 2.24) is 4.90 Å². The van der Waals surface area contributed by atoms with Crippen molar-refractivity contribution < 1.29 is 4.79 Å². The third-order valence-corrected chi connectivity index (χ3v) is 2.43. The summed E-state index contributed by atoms with van der Waals surface area (Å²) in [6.45, 7) is 6.14. The zero-order valence-corrected chi connectivity index (χ0v) is 7.47. The fraction of sp³-hybridized carbons (Fsp3) is 0.889. The molecule has 0 spiro atoms. The first-order valence-corrected chi connectivity index (χ1v) is 4.47. The van der Waals surface area contributed by atoms with E-state index in [-0.39, 0.29) is 0 Å². The minimum atomic E-state index is 0.329. The number of hydrogen-bond donors (Lipinski definition) is 0. The highest BCUT2D eigenvalue weighted by atomic mass is 16.1. The number of rotatable bonds is 3. The molecule has 1 unspecified atom stereocenters. The van der Waals surface area contributed by atoms with E-state index in [0.717, 1.165) is 13.0 Å². The number of ketones is 1. The van der Waals surface area contributed by atoms with E-state index in [1.807, 2.05) is 0 Å². The van der Waals surface area contributed by atoms with E-state index in [2.05, 4.69) is 11.8 Å².